The Labute approximate surface area is 165 Å². The van der Waals surface area contributed by atoms with Gasteiger partial charge in [0.25, 0.3) is 0 Å². The average Bonchev–Trinajstić information content (AvgIpc) is 3.30. The van der Waals surface area contributed by atoms with Crippen molar-refractivity contribution < 1.29 is 9.53 Å². The minimum absolute atomic E-state index is 0.0198. The molecule has 3 heterocycles. The molecular weight excluding hydrogens is 358 g/mol. The van der Waals surface area contributed by atoms with Gasteiger partial charge >= 0.3 is 0 Å². The van der Waals surface area contributed by atoms with Gasteiger partial charge in [-0.25, -0.2) is 4.98 Å². The van der Waals surface area contributed by atoms with Crippen molar-refractivity contribution in [1.82, 2.24) is 14.8 Å². The maximum Gasteiger partial charge on any atom is 0.230 e. The molecule has 2 fully saturated rings. The highest BCUT2D eigenvalue weighted by Crippen LogP contribution is 2.45. The Balaban J connectivity index is 1.50. The van der Waals surface area contributed by atoms with Crippen molar-refractivity contribution in [2.24, 2.45) is 0 Å². The normalized spacial score (nSPS) is 22.6. The molecule has 0 radical (unpaired) electrons. The van der Waals surface area contributed by atoms with Gasteiger partial charge in [0.2, 0.25) is 5.91 Å². The lowest BCUT2D eigenvalue weighted by molar-refractivity contribution is -0.134. The molecule has 2 aliphatic rings. The Kier molecular flexibility index (Phi) is 5.57. The molecule has 0 aliphatic carbocycles. The number of hydrogen-bond donors (Lipinski definition) is 0. The van der Waals surface area contributed by atoms with E-state index in [1.807, 2.05) is 29.8 Å². The number of piperidine rings is 1. The first-order valence-corrected chi connectivity index (χ1v) is 10.6. The maximum absolute atomic E-state index is 13.3. The van der Waals surface area contributed by atoms with Gasteiger partial charge in [-0.05, 0) is 24.8 Å². The van der Waals surface area contributed by atoms with Crippen LogP contribution in [-0.2, 0) is 16.1 Å². The highest BCUT2D eigenvalue weighted by atomic mass is 32.1. The summed E-state index contributed by atoms with van der Waals surface area (Å²) in [6, 6.07) is 10.3. The van der Waals surface area contributed by atoms with Gasteiger partial charge in [0.15, 0.2) is 0 Å². The first-order chi connectivity index (χ1) is 13.2. The third kappa shape index (κ3) is 3.79. The highest BCUT2D eigenvalue weighted by molar-refractivity contribution is 7.09. The van der Waals surface area contributed by atoms with E-state index in [-0.39, 0.29) is 17.4 Å². The summed E-state index contributed by atoms with van der Waals surface area (Å²) in [5.74, 6) is 0.250. The Bertz CT molecular complexity index is 742. The number of amides is 1. The van der Waals surface area contributed by atoms with Gasteiger partial charge in [-0.3, -0.25) is 9.69 Å². The van der Waals surface area contributed by atoms with E-state index >= 15 is 0 Å². The molecule has 2 aliphatic heterocycles. The Morgan fingerprint density at radius 3 is 2.70 bits per heavy atom. The van der Waals surface area contributed by atoms with E-state index in [2.05, 4.69) is 26.9 Å². The van der Waals surface area contributed by atoms with E-state index in [0.29, 0.717) is 13.2 Å². The number of hydrogen-bond acceptors (Lipinski definition) is 5. The summed E-state index contributed by atoms with van der Waals surface area (Å²) in [5.41, 5.74) is 1.11. The summed E-state index contributed by atoms with van der Waals surface area (Å²) in [5, 5.41) is 3.21. The molecule has 5 nitrogen and oxygen atoms in total. The number of thiazole rings is 1. The molecule has 1 spiro atoms. The quantitative estimate of drug-likeness (QED) is 0.766. The lowest BCUT2D eigenvalue weighted by atomic mass is 9.81. The summed E-state index contributed by atoms with van der Waals surface area (Å²) in [4.78, 5) is 22.3. The third-order valence-electron chi connectivity index (χ3n) is 6.07. The first-order valence-electron chi connectivity index (χ1n) is 9.68. The molecule has 6 heteroatoms. The zero-order chi connectivity index (χ0) is 18.7. The monoisotopic (exact) mass is 385 g/mol. The topological polar surface area (TPSA) is 45.7 Å². The van der Waals surface area contributed by atoms with Crippen molar-refractivity contribution in [1.29, 1.82) is 0 Å². The molecule has 2 aromatic rings. The predicted octanol–water partition coefficient (Wildman–Crippen LogP) is 3.14. The van der Waals surface area contributed by atoms with Crippen molar-refractivity contribution in [2.45, 2.75) is 37.3 Å². The fourth-order valence-electron chi connectivity index (χ4n) is 4.60. The average molecular weight is 386 g/mol. The largest absolute Gasteiger partial charge is 0.383 e. The third-order valence-corrected chi connectivity index (χ3v) is 6.84. The van der Waals surface area contributed by atoms with Crippen LogP contribution in [0.25, 0.3) is 0 Å². The summed E-state index contributed by atoms with van der Waals surface area (Å²) in [7, 11) is 1.71. The van der Waals surface area contributed by atoms with Crippen molar-refractivity contribution >= 4 is 17.2 Å². The summed E-state index contributed by atoms with van der Waals surface area (Å²) >= 11 is 1.72. The number of carbonyl (C=O) groups is 1. The minimum atomic E-state index is -0.0322. The summed E-state index contributed by atoms with van der Waals surface area (Å²) < 4.78 is 5.31. The molecule has 1 aromatic heterocycles. The van der Waals surface area contributed by atoms with E-state index in [1.54, 1.807) is 18.4 Å². The van der Waals surface area contributed by atoms with Crippen LogP contribution < -0.4 is 0 Å². The maximum atomic E-state index is 13.3. The molecule has 1 atom stereocenters. The number of aromatic nitrogens is 1. The van der Waals surface area contributed by atoms with Crippen LogP contribution in [0.3, 0.4) is 0 Å². The molecule has 4 rings (SSSR count). The molecule has 0 N–H and O–H groups in total. The lowest BCUT2D eigenvalue weighted by Gasteiger charge is -2.44. The Morgan fingerprint density at radius 2 is 2.04 bits per heavy atom. The Morgan fingerprint density at radius 1 is 1.26 bits per heavy atom. The van der Waals surface area contributed by atoms with Crippen LogP contribution in [-0.4, -0.2) is 59.6 Å². The molecule has 0 bridgehead atoms. The number of ether oxygens (including phenoxy) is 1. The van der Waals surface area contributed by atoms with E-state index < -0.39 is 0 Å². The number of rotatable bonds is 6. The van der Waals surface area contributed by atoms with Gasteiger partial charge in [-0.15, -0.1) is 11.3 Å². The van der Waals surface area contributed by atoms with Gasteiger partial charge in [0.05, 0.1) is 19.1 Å². The van der Waals surface area contributed by atoms with Crippen LogP contribution in [0.2, 0.25) is 0 Å². The van der Waals surface area contributed by atoms with Crippen molar-refractivity contribution in [3.8, 4) is 0 Å². The summed E-state index contributed by atoms with van der Waals surface area (Å²) in [6.45, 7) is 4.22. The molecule has 27 heavy (non-hydrogen) atoms. The first kappa shape index (κ1) is 18.6. The second-order valence-corrected chi connectivity index (χ2v) is 8.56. The van der Waals surface area contributed by atoms with Crippen LogP contribution in [0, 0.1) is 0 Å². The van der Waals surface area contributed by atoms with Crippen LogP contribution in [0.5, 0.6) is 0 Å². The number of nitrogens with zero attached hydrogens (tertiary/aromatic N) is 3. The van der Waals surface area contributed by atoms with Crippen molar-refractivity contribution in [3.63, 3.8) is 0 Å². The standard InChI is InChI=1S/C21H27N3O2S/c1-26-13-12-24-20(25)18(17-5-3-2-4-6-17)15-21(24)7-10-23(11-8-21)16-19-22-9-14-27-19/h2-6,9,14,18H,7-8,10-13,15-16H2,1H3. The van der Waals surface area contributed by atoms with E-state index in [1.165, 1.54) is 5.01 Å². The van der Waals surface area contributed by atoms with Gasteiger partial charge < -0.3 is 9.64 Å². The van der Waals surface area contributed by atoms with Crippen LogP contribution >= 0.6 is 11.3 Å². The molecule has 144 valence electrons. The van der Waals surface area contributed by atoms with Crippen LogP contribution in [0.4, 0.5) is 0 Å². The van der Waals surface area contributed by atoms with Crippen molar-refractivity contribution in [3.05, 3.63) is 52.5 Å². The second kappa shape index (κ2) is 8.09. The van der Waals surface area contributed by atoms with E-state index in [9.17, 15) is 4.79 Å². The van der Waals surface area contributed by atoms with E-state index in [0.717, 1.165) is 44.5 Å². The number of methoxy groups -OCH3 is 1. The highest BCUT2D eigenvalue weighted by Gasteiger charge is 2.51. The predicted molar refractivity (Wildman–Crippen MR) is 107 cm³/mol. The molecule has 1 amide bonds. The van der Waals surface area contributed by atoms with Gasteiger partial charge in [-0.2, -0.15) is 0 Å². The zero-order valence-corrected chi connectivity index (χ0v) is 16.7. The molecule has 2 saturated heterocycles. The minimum Gasteiger partial charge on any atom is -0.383 e. The van der Waals surface area contributed by atoms with E-state index in [4.69, 9.17) is 4.74 Å². The lowest BCUT2D eigenvalue weighted by Crippen LogP contribution is -2.53. The van der Waals surface area contributed by atoms with Crippen molar-refractivity contribution in [2.75, 3.05) is 33.4 Å². The molecule has 0 saturated carbocycles. The number of carbonyl (C=O) groups excluding carboxylic acids is 1. The van der Waals surface area contributed by atoms with Crippen LogP contribution in [0.15, 0.2) is 41.9 Å². The van der Waals surface area contributed by atoms with Gasteiger partial charge in [-0.1, -0.05) is 30.3 Å². The molecule has 1 aromatic carbocycles. The SMILES string of the molecule is COCCN1C(=O)C(c2ccccc2)CC12CCN(Cc1nccs1)CC2. The Hall–Kier alpha value is -1.76. The van der Waals surface area contributed by atoms with Gasteiger partial charge in [0.1, 0.15) is 5.01 Å². The fraction of sp³-hybridized carbons (Fsp3) is 0.524. The van der Waals surface area contributed by atoms with Gasteiger partial charge in [0, 0.05) is 43.9 Å². The smallest absolute Gasteiger partial charge is 0.230 e. The zero-order valence-electron chi connectivity index (χ0n) is 15.8. The molecule has 1 unspecified atom stereocenters. The molecular formula is C21H27N3O2S. The second-order valence-electron chi connectivity index (χ2n) is 7.58. The van der Waals surface area contributed by atoms with Crippen LogP contribution in [0.1, 0.15) is 35.8 Å². The number of likely N-dealkylation sites (tertiary alicyclic amines) is 2. The fourth-order valence-corrected chi connectivity index (χ4v) is 5.26. The summed E-state index contributed by atoms with van der Waals surface area (Å²) in [6.07, 6.45) is 4.84. The number of benzene rings is 1.